The largest absolute Gasteiger partial charge is 0.456 e. The highest BCUT2D eigenvalue weighted by molar-refractivity contribution is 6.90. The van der Waals surface area contributed by atoms with Crippen molar-refractivity contribution in [3.8, 4) is 11.1 Å². The summed E-state index contributed by atoms with van der Waals surface area (Å²) in [5.74, 6) is 0. The van der Waals surface area contributed by atoms with E-state index in [4.69, 9.17) is 4.42 Å². The van der Waals surface area contributed by atoms with E-state index in [1.807, 2.05) is 0 Å². The fraction of sp³-hybridized carbons (Fsp3) is 0.228. The van der Waals surface area contributed by atoms with Gasteiger partial charge in [-0.2, -0.15) is 0 Å². The zero-order valence-electron chi connectivity index (χ0n) is 37.0. The van der Waals surface area contributed by atoms with Crippen LogP contribution < -0.4 is 15.8 Å². The standard InChI is InChI=1S/C57H51BN2O/c1-32-36-18-11-12-20-38(36)52(57(8,9)10)43-30-46-44(29-42(32)43)58-53-47(59(46)35-27-33(55(2,3)4)26-34(28-35)56(5,6)7)31-49-50(40-21-14-16-25-48(40)61-49)51(53)41-23-17-22-39-37-19-13-15-24-45(37)60(58)54(39)41/h11-31H,1-10H3. The fourth-order valence-corrected chi connectivity index (χ4v) is 11.3. The summed E-state index contributed by atoms with van der Waals surface area (Å²) in [6.45, 7) is 23.5. The first kappa shape index (κ1) is 36.6. The predicted octanol–water partition coefficient (Wildman–Crippen LogP) is 14.6. The number of anilines is 3. The molecular weight excluding hydrogens is 739 g/mol. The summed E-state index contributed by atoms with van der Waals surface area (Å²) in [5.41, 5.74) is 18.3. The number of rotatable bonds is 1. The molecule has 0 fully saturated rings. The summed E-state index contributed by atoms with van der Waals surface area (Å²) in [6, 6.07) is 48.6. The van der Waals surface area contributed by atoms with Gasteiger partial charge in [-0.1, -0.05) is 153 Å². The van der Waals surface area contributed by atoms with Gasteiger partial charge in [0.25, 0.3) is 0 Å². The third-order valence-electron chi connectivity index (χ3n) is 14.1. The van der Waals surface area contributed by atoms with Crippen molar-refractivity contribution in [1.82, 2.24) is 4.48 Å². The van der Waals surface area contributed by atoms with Gasteiger partial charge in [-0.25, -0.2) is 0 Å². The first-order valence-corrected chi connectivity index (χ1v) is 22.1. The summed E-state index contributed by atoms with van der Waals surface area (Å²) in [5, 5.41) is 10.3. The average Bonchev–Trinajstić information content (AvgIpc) is 3.76. The van der Waals surface area contributed by atoms with E-state index in [0.717, 1.165) is 16.6 Å². The second-order valence-electron chi connectivity index (χ2n) is 21.0. The van der Waals surface area contributed by atoms with Gasteiger partial charge in [-0.3, -0.25) is 0 Å². The average molecular weight is 791 g/mol. The van der Waals surface area contributed by atoms with Gasteiger partial charge in [0.15, 0.2) is 0 Å². The maximum Gasteiger partial charge on any atom is 0.333 e. The highest BCUT2D eigenvalue weighted by atomic mass is 16.3. The normalized spacial score (nSPS) is 14.0. The van der Waals surface area contributed by atoms with Gasteiger partial charge >= 0.3 is 6.85 Å². The lowest BCUT2D eigenvalue weighted by Gasteiger charge is -2.42. The zero-order chi connectivity index (χ0) is 42.1. The molecule has 298 valence electrons. The Bertz CT molecular complexity index is 3530. The molecule has 2 aliphatic rings. The maximum absolute atomic E-state index is 6.96. The second kappa shape index (κ2) is 12.0. The molecule has 0 spiro atoms. The number of fused-ring (bicyclic) bond motifs is 13. The molecule has 2 aromatic heterocycles. The van der Waals surface area contributed by atoms with Crippen molar-refractivity contribution in [2.75, 3.05) is 4.90 Å². The summed E-state index contributed by atoms with van der Waals surface area (Å²) in [6.07, 6.45) is 0. The molecule has 0 radical (unpaired) electrons. The van der Waals surface area contributed by atoms with E-state index in [0.29, 0.717) is 0 Å². The monoisotopic (exact) mass is 790 g/mol. The van der Waals surface area contributed by atoms with Gasteiger partial charge < -0.3 is 13.8 Å². The third kappa shape index (κ3) is 4.94. The molecule has 3 nitrogen and oxygen atoms in total. The van der Waals surface area contributed by atoms with Crippen molar-refractivity contribution in [3.05, 3.63) is 150 Å². The molecule has 0 aliphatic carbocycles. The fourth-order valence-electron chi connectivity index (χ4n) is 11.3. The Morgan fingerprint density at radius 1 is 0.508 bits per heavy atom. The lowest BCUT2D eigenvalue weighted by Crippen LogP contribution is -2.56. The molecule has 0 saturated carbocycles. The Balaban J connectivity index is 1.34. The Morgan fingerprint density at radius 3 is 1.85 bits per heavy atom. The van der Waals surface area contributed by atoms with Crippen LogP contribution in [0.15, 0.2) is 132 Å². The highest BCUT2D eigenvalue weighted by Crippen LogP contribution is 2.51. The van der Waals surface area contributed by atoms with E-state index < -0.39 is 0 Å². The Kier molecular flexibility index (Phi) is 7.18. The lowest BCUT2D eigenvalue weighted by molar-refractivity contribution is 0.569. The minimum Gasteiger partial charge on any atom is -0.456 e. The van der Waals surface area contributed by atoms with Gasteiger partial charge in [0.2, 0.25) is 0 Å². The first-order chi connectivity index (χ1) is 29.1. The second-order valence-corrected chi connectivity index (χ2v) is 21.0. The van der Waals surface area contributed by atoms with Crippen LogP contribution in [0.2, 0.25) is 0 Å². The molecule has 10 aromatic rings. The van der Waals surface area contributed by atoms with E-state index in [2.05, 4.69) is 206 Å². The molecule has 0 bridgehead atoms. The number of aryl methyl sites for hydroxylation is 1. The minimum atomic E-state index is -0.108. The molecule has 0 saturated heterocycles. The van der Waals surface area contributed by atoms with Crippen molar-refractivity contribution in [2.45, 2.75) is 85.5 Å². The molecule has 0 N–H and O–H groups in total. The smallest absolute Gasteiger partial charge is 0.333 e. The number of para-hydroxylation sites is 3. The molecule has 0 atom stereocenters. The highest BCUT2D eigenvalue weighted by Gasteiger charge is 2.45. The van der Waals surface area contributed by atoms with Crippen molar-refractivity contribution < 1.29 is 4.42 Å². The molecule has 2 aliphatic heterocycles. The molecule has 4 heterocycles. The van der Waals surface area contributed by atoms with Crippen LogP contribution in [0.4, 0.5) is 17.1 Å². The van der Waals surface area contributed by atoms with Crippen LogP contribution in [0.25, 0.3) is 76.4 Å². The van der Waals surface area contributed by atoms with Crippen molar-refractivity contribution >= 4 is 100 Å². The number of furan rings is 1. The lowest BCUT2D eigenvalue weighted by atomic mass is 9.44. The summed E-state index contributed by atoms with van der Waals surface area (Å²) in [4.78, 5) is 2.62. The predicted molar refractivity (Wildman–Crippen MR) is 263 cm³/mol. The van der Waals surface area contributed by atoms with Crippen LogP contribution in [0, 0.1) is 6.92 Å². The summed E-state index contributed by atoms with van der Waals surface area (Å²) >= 11 is 0. The van der Waals surface area contributed by atoms with Crippen LogP contribution in [-0.4, -0.2) is 11.3 Å². The van der Waals surface area contributed by atoms with E-state index in [9.17, 15) is 0 Å². The van der Waals surface area contributed by atoms with Crippen molar-refractivity contribution in [3.63, 3.8) is 0 Å². The summed E-state index contributed by atoms with van der Waals surface area (Å²) < 4.78 is 9.65. The Morgan fingerprint density at radius 2 is 1.15 bits per heavy atom. The van der Waals surface area contributed by atoms with E-state index in [-0.39, 0.29) is 23.1 Å². The van der Waals surface area contributed by atoms with E-state index in [1.165, 1.54) is 110 Å². The van der Waals surface area contributed by atoms with Crippen LogP contribution in [0.5, 0.6) is 0 Å². The van der Waals surface area contributed by atoms with Crippen LogP contribution >= 0.6 is 0 Å². The first-order valence-electron chi connectivity index (χ1n) is 22.1. The molecule has 61 heavy (non-hydrogen) atoms. The van der Waals surface area contributed by atoms with Crippen LogP contribution in [0.3, 0.4) is 0 Å². The van der Waals surface area contributed by atoms with E-state index >= 15 is 0 Å². The molecule has 0 unspecified atom stereocenters. The number of nitrogens with zero attached hydrogens (tertiary/aromatic N) is 2. The van der Waals surface area contributed by atoms with Gasteiger partial charge in [-0.15, -0.1) is 0 Å². The number of aromatic nitrogens is 1. The van der Waals surface area contributed by atoms with Gasteiger partial charge in [0, 0.05) is 61.3 Å². The Hall–Kier alpha value is -6.26. The van der Waals surface area contributed by atoms with Crippen molar-refractivity contribution in [1.29, 1.82) is 0 Å². The van der Waals surface area contributed by atoms with E-state index in [1.54, 1.807) is 0 Å². The Labute approximate surface area is 358 Å². The zero-order valence-corrected chi connectivity index (χ0v) is 37.0. The molecular formula is C57H51BN2O. The number of hydrogen-bond donors (Lipinski definition) is 0. The molecule has 4 heteroatoms. The molecule has 12 rings (SSSR count). The molecule has 0 amide bonds. The number of hydrogen-bond acceptors (Lipinski definition) is 2. The van der Waals surface area contributed by atoms with Crippen molar-refractivity contribution in [2.24, 2.45) is 0 Å². The molecule has 8 aromatic carbocycles. The summed E-state index contributed by atoms with van der Waals surface area (Å²) in [7, 11) is 0. The quantitative estimate of drug-likeness (QED) is 0.122. The third-order valence-corrected chi connectivity index (χ3v) is 14.1. The van der Waals surface area contributed by atoms with Crippen LogP contribution in [0.1, 0.15) is 84.6 Å². The topological polar surface area (TPSA) is 21.3 Å². The van der Waals surface area contributed by atoms with Gasteiger partial charge in [-0.05, 0) is 114 Å². The van der Waals surface area contributed by atoms with Gasteiger partial charge in [0.1, 0.15) is 11.2 Å². The number of benzene rings is 8. The van der Waals surface area contributed by atoms with Gasteiger partial charge in [0.05, 0.1) is 0 Å². The minimum absolute atomic E-state index is 0.0628. The maximum atomic E-state index is 6.96. The SMILES string of the molecule is Cc1c2ccccc2c(C(C)(C)C)c2cc3c(cc12)B1c2c(cc4oc5ccccc5c4c2-c2cccc4c5ccccc5n1c24)N3c1cc(C(C)(C)C)cc(C(C)(C)C)c1. The van der Waals surface area contributed by atoms with Crippen LogP contribution in [-0.2, 0) is 16.2 Å².